The van der Waals surface area contributed by atoms with Crippen LogP contribution in [0.1, 0.15) is 56.7 Å². The van der Waals surface area contributed by atoms with E-state index in [4.69, 9.17) is 4.74 Å². The van der Waals surface area contributed by atoms with Gasteiger partial charge in [-0.2, -0.15) is 0 Å². The number of hydrogen-bond donors (Lipinski definition) is 1. The van der Waals surface area contributed by atoms with Gasteiger partial charge in [0, 0.05) is 17.6 Å². The molecule has 0 bridgehead atoms. The van der Waals surface area contributed by atoms with E-state index in [1.165, 1.54) is 11.1 Å². The predicted octanol–water partition coefficient (Wildman–Crippen LogP) is 2.65. The summed E-state index contributed by atoms with van der Waals surface area (Å²) in [5, 5.41) is 3.35. The van der Waals surface area contributed by atoms with Gasteiger partial charge in [0.05, 0.1) is 12.3 Å². The van der Waals surface area contributed by atoms with Crippen LogP contribution < -0.4 is 10.2 Å². The molecule has 1 saturated heterocycles. The van der Waals surface area contributed by atoms with Crippen molar-refractivity contribution in [3.8, 4) is 0 Å². The Morgan fingerprint density at radius 2 is 2.18 bits per heavy atom. The Balaban J connectivity index is 2.03. The summed E-state index contributed by atoms with van der Waals surface area (Å²) in [6, 6.07) is 4.45. The molecule has 22 heavy (non-hydrogen) atoms. The van der Waals surface area contributed by atoms with E-state index in [9.17, 15) is 4.79 Å². The van der Waals surface area contributed by atoms with Crippen LogP contribution in [0, 0.1) is 0 Å². The van der Waals surface area contributed by atoms with Crippen LogP contribution in [0.5, 0.6) is 0 Å². The molecule has 1 amide bonds. The second-order valence-corrected chi connectivity index (χ2v) is 7.45. The number of carbonyl (C=O) groups is 1. The lowest BCUT2D eigenvalue weighted by Gasteiger charge is -2.44. The van der Waals surface area contributed by atoms with Gasteiger partial charge in [0.1, 0.15) is 0 Å². The molecule has 3 heterocycles. The van der Waals surface area contributed by atoms with E-state index in [-0.39, 0.29) is 11.4 Å². The van der Waals surface area contributed by atoms with Crippen molar-refractivity contribution in [2.45, 2.75) is 57.7 Å². The molecule has 4 heteroatoms. The van der Waals surface area contributed by atoms with Crippen LogP contribution in [0.15, 0.2) is 12.1 Å². The summed E-state index contributed by atoms with van der Waals surface area (Å²) in [4.78, 5) is 15.3. The summed E-state index contributed by atoms with van der Waals surface area (Å²) in [6.45, 7) is 10.1. The monoisotopic (exact) mass is 300 g/mol. The zero-order valence-electron chi connectivity index (χ0n) is 13.8. The second kappa shape index (κ2) is 4.33. The topological polar surface area (TPSA) is 41.6 Å². The van der Waals surface area contributed by atoms with Crippen LogP contribution in [-0.2, 0) is 21.7 Å². The van der Waals surface area contributed by atoms with Crippen LogP contribution in [0.3, 0.4) is 0 Å². The van der Waals surface area contributed by atoms with Gasteiger partial charge in [-0.25, -0.2) is 0 Å². The lowest BCUT2D eigenvalue weighted by Crippen LogP contribution is -2.55. The molecule has 0 aromatic heterocycles. The first kappa shape index (κ1) is 14.2. The third-order valence-corrected chi connectivity index (χ3v) is 5.45. The smallest absolute Gasteiger partial charge is 0.280 e. The molecule has 0 saturated carbocycles. The maximum Gasteiger partial charge on any atom is 0.280 e. The minimum Gasteiger partial charge on any atom is -0.346 e. The largest absolute Gasteiger partial charge is 0.346 e. The van der Waals surface area contributed by atoms with E-state index in [1.54, 1.807) is 0 Å². The van der Waals surface area contributed by atoms with Gasteiger partial charge in [-0.15, -0.1) is 0 Å². The number of benzene rings is 1. The van der Waals surface area contributed by atoms with Crippen LogP contribution in [-0.4, -0.2) is 24.6 Å². The highest BCUT2D eigenvalue weighted by atomic mass is 16.5. The Morgan fingerprint density at radius 3 is 2.82 bits per heavy atom. The van der Waals surface area contributed by atoms with Crippen molar-refractivity contribution < 1.29 is 9.53 Å². The van der Waals surface area contributed by atoms with Gasteiger partial charge in [0.2, 0.25) is 5.72 Å². The number of aryl methyl sites for hydroxylation is 1. The SMILES string of the molecule is CCc1cc2c3c(c1)C1(NCCO1)C(=O)N3C(C)(C)CC2C. The molecular formula is C18H24N2O2. The average molecular weight is 300 g/mol. The molecule has 0 aliphatic carbocycles. The number of fused-ring (bicyclic) bond motifs is 1. The third kappa shape index (κ3) is 1.57. The van der Waals surface area contributed by atoms with Crippen molar-refractivity contribution in [3.05, 3.63) is 28.8 Å². The maximum absolute atomic E-state index is 13.3. The van der Waals surface area contributed by atoms with Gasteiger partial charge in [-0.05, 0) is 49.8 Å². The fourth-order valence-corrected chi connectivity index (χ4v) is 4.51. The summed E-state index contributed by atoms with van der Waals surface area (Å²) in [6.07, 6.45) is 1.95. The first-order valence-electron chi connectivity index (χ1n) is 8.31. The Labute approximate surface area is 131 Å². The minimum absolute atomic E-state index is 0.0615. The maximum atomic E-state index is 13.3. The van der Waals surface area contributed by atoms with Crippen LogP contribution >= 0.6 is 0 Å². The highest BCUT2D eigenvalue weighted by molar-refractivity contribution is 6.09. The first-order chi connectivity index (χ1) is 10.4. The van der Waals surface area contributed by atoms with E-state index >= 15 is 0 Å². The molecule has 1 N–H and O–H groups in total. The molecule has 4 nitrogen and oxygen atoms in total. The van der Waals surface area contributed by atoms with Gasteiger partial charge in [0.25, 0.3) is 5.91 Å². The zero-order valence-corrected chi connectivity index (χ0v) is 13.8. The number of nitrogens with one attached hydrogen (secondary N) is 1. The van der Waals surface area contributed by atoms with E-state index in [0.717, 1.165) is 30.6 Å². The van der Waals surface area contributed by atoms with E-state index in [0.29, 0.717) is 12.5 Å². The predicted molar refractivity (Wildman–Crippen MR) is 86.0 cm³/mol. The van der Waals surface area contributed by atoms with Crippen molar-refractivity contribution >= 4 is 11.6 Å². The summed E-state index contributed by atoms with van der Waals surface area (Å²) in [5.74, 6) is 0.516. The Bertz CT molecular complexity index is 659. The summed E-state index contributed by atoms with van der Waals surface area (Å²) < 4.78 is 5.98. The lowest BCUT2D eigenvalue weighted by atomic mass is 9.79. The Kier molecular flexibility index (Phi) is 2.80. The van der Waals surface area contributed by atoms with Crippen molar-refractivity contribution in [3.63, 3.8) is 0 Å². The molecular weight excluding hydrogens is 276 g/mol. The molecule has 2 atom stereocenters. The van der Waals surface area contributed by atoms with Gasteiger partial charge >= 0.3 is 0 Å². The quantitative estimate of drug-likeness (QED) is 0.867. The normalized spacial score (nSPS) is 31.9. The molecule has 3 aliphatic heterocycles. The van der Waals surface area contributed by atoms with E-state index in [1.807, 2.05) is 4.90 Å². The summed E-state index contributed by atoms with van der Waals surface area (Å²) in [5.41, 5.74) is 3.59. The van der Waals surface area contributed by atoms with E-state index < -0.39 is 5.72 Å². The molecule has 1 aromatic rings. The number of carbonyl (C=O) groups excluding carboxylic acids is 1. The van der Waals surface area contributed by atoms with Gasteiger partial charge in [-0.1, -0.05) is 19.9 Å². The van der Waals surface area contributed by atoms with Crippen molar-refractivity contribution in [1.29, 1.82) is 0 Å². The first-order valence-corrected chi connectivity index (χ1v) is 8.31. The number of anilines is 1. The number of ether oxygens (including phenoxy) is 1. The molecule has 2 unspecified atom stereocenters. The highest BCUT2D eigenvalue weighted by Gasteiger charge is 2.59. The number of nitrogens with zero attached hydrogens (tertiary/aromatic N) is 1. The number of rotatable bonds is 1. The molecule has 1 aromatic carbocycles. The Hall–Kier alpha value is -1.39. The van der Waals surface area contributed by atoms with Crippen LogP contribution in [0.2, 0.25) is 0 Å². The Morgan fingerprint density at radius 1 is 1.41 bits per heavy atom. The van der Waals surface area contributed by atoms with Crippen molar-refractivity contribution in [2.75, 3.05) is 18.1 Å². The average Bonchev–Trinajstić information content (AvgIpc) is 3.04. The zero-order chi connectivity index (χ0) is 15.7. The molecule has 3 aliphatic rings. The van der Waals surface area contributed by atoms with Crippen LogP contribution in [0.25, 0.3) is 0 Å². The second-order valence-electron chi connectivity index (χ2n) is 7.45. The molecule has 118 valence electrons. The molecule has 4 rings (SSSR count). The number of amides is 1. The lowest BCUT2D eigenvalue weighted by molar-refractivity contribution is -0.141. The van der Waals surface area contributed by atoms with Crippen LogP contribution in [0.4, 0.5) is 5.69 Å². The fraction of sp³-hybridized carbons (Fsp3) is 0.611. The number of hydrogen-bond acceptors (Lipinski definition) is 3. The highest BCUT2D eigenvalue weighted by Crippen LogP contribution is 2.54. The van der Waals surface area contributed by atoms with Crippen molar-refractivity contribution in [1.82, 2.24) is 5.32 Å². The molecule has 1 fully saturated rings. The van der Waals surface area contributed by atoms with Crippen molar-refractivity contribution in [2.24, 2.45) is 0 Å². The molecule has 0 radical (unpaired) electrons. The van der Waals surface area contributed by atoms with Gasteiger partial charge in [0.15, 0.2) is 0 Å². The standard InChI is InChI=1S/C18H24N2O2/c1-5-12-8-13-11(2)10-17(3,4)20-15(13)14(9-12)18(16(20)21)19-6-7-22-18/h8-9,11,19H,5-7,10H2,1-4H3. The molecule has 1 spiro atoms. The minimum atomic E-state index is -0.948. The van der Waals surface area contributed by atoms with E-state index in [2.05, 4.69) is 45.1 Å². The summed E-state index contributed by atoms with van der Waals surface area (Å²) >= 11 is 0. The summed E-state index contributed by atoms with van der Waals surface area (Å²) in [7, 11) is 0. The van der Waals surface area contributed by atoms with Gasteiger partial charge < -0.3 is 9.64 Å². The van der Waals surface area contributed by atoms with Gasteiger partial charge in [-0.3, -0.25) is 10.1 Å². The third-order valence-electron chi connectivity index (χ3n) is 5.45. The fourth-order valence-electron chi connectivity index (χ4n) is 4.51.